The predicted octanol–water partition coefficient (Wildman–Crippen LogP) is 2.38. The van der Waals surface area contributed by atoms with Crippen molar-refractivity contribution < 1.29 is 9.53 Å². The first-order valence-electron chi connectivity index (χ1n) is 6.77. The lowest BCUT2D eigenvalue weighted by molar-refractivity contribution is -0.140. The summed E-state index contributed by atoms with van der Waals surface area (Å²) in [5.74, 6) is 0.508. The van der Waals surface area contributed by atoms with E-state index in [9.17, 15) is 4.79 Å². The zero-order valence-corrected chi connectivity index (χ0v) is 14.7. The van der Waals surface area contributed by atoms with Gasteiger partial charge < -0.3 is 15.4 Å². The first kappa shape index (κ1) is 20.8. The zero-order valence-electron chi connectivity index (χ0n) is 12.4. The van der Waals surface area contributed by atoms with Crippen LogP contribution < -0.4 is 5.73 Å². The summed E-state index contributed by atoms with van der Waals surface area (Å²) in [7, 11) is 1.42. The topological polar surface area (TPSA) is 67.9 Å². The largest absolute Gasteiger partial charge is 0.469 e. The van der Waals surface area contributed by atoms with Crippen LogP contribution >= 0.6 is 24.0 Å². The number of unbranched alkanes of at least 4 members (excludes halogenated alkanes) is 3. The average Bonchev–Trinajstić information content (AvgIpc) is 2.38. The average molecular weight is 385 g/mol. The van der Waals surface area contributed by atoms with Crippen molar-refractivity contribution in [2.75, 3.05) is 26.7 Å². The number of methoxy groups -OCH3 is 1. The smallest absolute Gasteiger partial charge is 0.305 e. The molecule has 6 heteroatoms. The van der Waals surface area contributed by atoms with Crippen molar-refractivity contribution in [2.24, 2.45) is 10.7 Å². The van der Waals surface area contributed by atoms with Crippen LogP contribution in [0.4, 0.5) is 0 Å². The molecule has 0 fully saturated rings. The fourth-order valence-electron chi connectivity index (χ4n) is 1.68. The van der Waals surface area contributed by atoms with E-state index in [1.165, 1.54) is 7.11 Å². The second-order valence-electron chi connectivity index (χ2n) is 4.15. The number of carbonyl (C=O) groups excluding carboxylic acids is 1. The minimum absolute atomic E-state index is 0. The molecule has 0 unspecified atom stereocenters. The summed E-state index contributed by atoms with van der Waals surface area (Å²) in [6.07, 6.45) is 4.54. The van der Waals surface area contributed by atoms with Crippen molar-refractivity contribution in [3.63, 3.8) is 0 Å². The number of halogens is 1. The Hall–Kier alpha value is -0.530. The van der Waals surface area contributed by atoms with Gasteiger partial charge in [0.25, 0.3) is 0 Å². The van der Waals surface area contributed by atoms with E-state index in [0.717, 1.165) is 45.3 Å². The van der Waals surface area contributed by atoms with Gasteiger partial charge in [-0.2, -0.15) is 0 Å². The van der Waals surface area contributed by atoms with E-state index < -0.39 is 0 Å². The highest BCUT2D eigenvalue weighted by Crippen LogP contribution is 2.04. The quantitative estimate of drug-likeness (QED) is 0.218. The summed E-state index contributed by atoms with van der Waals surface area (Å²) in [5, 5.41) is 0. The lowest BCUT2D eigenvalue weighted by atomic mass is 10.1. The predicted molar refractivity (Wildman–Crippen MR) is 89.9 cm³/mol. The van der Waals surface area contributed by atoms with Crippen LogP contribution in [0.3, 0.4) is 0 Å². The fourth-order valence-corrected chi connectivity index (χ4v) is 1.68. The molecule has 0 aromatic rings. The second-order valence-corrected chi connectivity index (χ2v) is 4.15. The normalized spacial score (nSPS) is 10.8. The van der Waals surface area contributed by atoms with Crippen molar-refractivity contribution in [1.82, 2.24) is 4.90 Å². The number of nitrogens with zero attached hydrogens (tertiary/aromatic N) is 2. The lowest BCUT2D eigenvalue weighted by Gasteiger charge is -2.19. The van der Waals surface area contributed by atoms with Crippen LogP contribution in [0.15, 0.2) is 4.99 Å². The zero-order chi connectivity index (χ0) is 13.8. The summed E-state index contributed by atoms with van der Waals surface area (Å²) >= 11 is 0. The van der Waals surface area contributed by atoms with Crippen LogP contribution in [0, 0.1) is 0 Å². The molecule has 5 nitrogen and oxygen atoms in total. The molecule has 0 aliphatic rings. The number of hydrogen-bond acceptors (Lipinski definition) is 3. The van der Waals surface area contributed by atoms with Crippen LogP contribution in [-0.4, -0.2) is 43.6 Å². The highest BCUT2D eigenvalue weighted by atomic mass is 127. The van der Waals surface area contributed by atoms with Gasteiger partial charge in [-0.3, -0.25) is 9.79 Å². The molecule has 0 saturated heterocycles. The molecule has 0 aromatic heterocycles. The Kier molecular flexibility index (Phi) is 15.2. The Morgan fingerprint density at radius 1 is 1.16 bits per heavy atom. The van der Waals surface area contributed by atoms with Gasteiger partial charge in [-0.05, 0) is 26.7 Å². The Bertz CT molecular complexity index is 256. The summed E-state index contributed by atoms with van der Waals surface area (Å²) in [6.45, 7) is 6.69. The van der Waals surface area contributed by atoms with Crippen LogP contribution in [0.1, 0.15) is 46.0 Å². The molecule has 0 aliphatic heterocycles. The summed E-state index contributed by atoms with van der Waals surface area (Å²) in [6, 6.07) is 0. The first-order valence-corrected chi connectivity index (χ1v) is 6.77. The summed E-state index contributed by atoms with van der Waals surface area (Å²) in [4.78, 5) is 17.2. The van der Waals surface area contributed by atoms with Gasteiger partial charge >= 0.3 is 5.97 Å². The molecule has 0 heterocycles. The standard InChI is InChI=1S/C13H27N3O2.HI/c1-4-16(5-2)13(14)15-11-9-7-6-8-10-12(17)18-3;/h4-11H2,1-3H3,(H2,14,15);1H. The SMILES string of the molecule is CCN(CC)C(N)=NCCCCCCC(=O)OC.I. The molecular weight excluding hydrogens is 357 g/mol. The van der Waals surface area contributed by atoms with Gasteiger partial charge in [-0.1, -0.05) is 12.8 Å². The Balaban J connectivity index is 0. The fraction of sp³-hybridized carbons (Fsp3) is 0.846. The van der Waals surface area contributed by atoms with Crippen molar-refractivity contribution in [2.45, 2.75) is 46.0 Å². The van der Waals surface area contributed by atoms with Gasteiger partial charge in [-0.15, -0.1) is 24.0 Å². The molecule has 0 bridgehead atoms. The highest BCUT2D eigenvalue weighted by Gasteiger charge is 2.01. The molecule has 0 aromatic carbocycles. The van der Waals surface area contributed by atoms with Gasteiger partial charge in [0.05, 0.1) is 7.11 Å². The number of rotatable bonds is 9. The van der Waals surface area contributed by atoms with E-state index in [4.69, 9.17) is 5.73 Å². The van der Waals surface area contributed by atoms with Crippen LogP contribution in [0.5, 0.6) is 0 Å². The Labute approximate surface area is 134 Å². The van der Waals surface area contributed by atoms with E-state index in [1.807, 2.05) is 4.90 Å². The number of aliphatic imine (C=N–C) groups is 1. The third-order valence-corrected chi connectivity index (χ3v) is 2.88. The summed E-state index contributed by atoms with van der Waals surface area (Å²) < 4.78 is 4.58. The van der Waals surface area contributed by atoms with E-state index in [2.05, 4.69) is 23.6 Å². The van der Waals surface area contributed by atoms with E-state index in [1.54, 1.807) is 0 Å². The lowest BCUT2D eigenvalue weighted by Crippen LogP contribution is -2.37. The van der Waals surface area contributed by atoms with E-state index >= 15 is 0 Å². The molecule has 19 heavy (non-hydrogen) atoms. The van der Waals surface area contributed by atoms with Crippen molar-refractivity contribution in [3.05, 3.63) is 0 Å². The molecule has 0 amide bonds. The Morgan fingerprint density at radius 3 is 2.26 bits per heavy atom. The van der Waals surface area contributed by atoms with Gasteiger partial charge in [0.2, 0.25) is 0 Å². The minimum atomic E-state index is -0.126. The maximum atomic E-state index is 10.9. The molecule has 0 saturated carbocycles. The molecule has 114 valence electrons. The maximum Gasteiger partial charge on any atom is 0.305 e. The molecule has 0 rings (SSSR count). The minimum Gasteiger partial charge on any atom is -0.469 e. The maximum absolute atomic E-state index is 10.9. The van der Waals surface area contributed by atoms with Gasteiger partial charge in [0.15, 0.2) is 5.96 Å². The molecule has 2 N–H and O–H groups in total. The van der Waals surface area contributed by atoms with Gasteiger partial charge in [0.1, 0.15) is 0 Å². The van der Waals surface area contributed by atoms with Crippen molar-refractivity contribution in [1.29, 1.82) is 0 Å². The van der Waals surface area contributed by atoms with Crippen LogP contribution in [-0.2, 0) is 9.53 Å². The third kappa shape index (κ3) is 11.0. The van der Waals surface area contributed by atoms with E-state index in [0.29, 0.717) is 12.4 Å². The van der Waals surface area contributed by atoms with Crippen molar-refractivity contribution in [3.8, 4) is 0 Å². The number of guanidine groups is 1. The summed E-state index contributed by atoms with van der Waals surface area (Å²) in [5.41, 5.74) is 5.85. The molecule has 0 aliphatic carbocycles. The molecule has 0 atom stereocenters. The number of hydrogen-bond donors (Lipinski definition) is 1. The highest BCUT2D eigenvalue weighted by molar-refractivity contribution is 14.0. The molecular formula is C13H28IN3O2. The monoisotopic (exact) mass is 385 g/mol. The van der Waals surface area contributed by atoms with Crippen molar-refractivity contribution >= 4 is 35.9 Å². The first-order chi connectivity index (χ1) is 8.65. The molecule has 0 spiro atoms. The van der Waals surface area contributed by atoms with Gasteiger partial charge in [-0.25, -0.2) is 0 Å². The number of esters is 1. The third-order valence-electron chi connectivity index (χ3n) is 2.88. The van der Waals surface area contributed by atoms with E-state index in [-0.39, 0.29) is 29.9 Å². The number of carbonyl (C=O) groups is 1. The van der Waals surface area contributed by atoms with Gasteiger partial charge in [0, 0.05) is 26.1 Å². The van der Waals surface area contributed by atoms with Crippen LogP contribution in [0.25, 0.3) is 0 Å². The van der Waals surface area contributed by atoms with Crippen LogP contribution in [0.2, 0.25) is 0 Å². The second kappa shape index (κ2) is 13.9. The Morgan fingerprint density at radius 2 is 1.74 bits per heavy atom. The number of nitrogens with two attached hydrogens (primary N) is 1. The number of ether oxygens (including phenoxy) is 1. The molecule has 0 radical (unpaired) electrons.